The molecule has 4 unspecified atom stereocenters. The summed E-state index contributed by atoms with van der Waals surface area (Å²) in [6.45, 7) is 6.48. The van der Waals surface area contributed by atoms with Crippen LogP contribution in [0.2, 0.25) is 0 Å². The molecule has 0 aromatic rings. The fourth-order valence-corrected chi connectivity index (χ4v) is 6.05. The maximum Gasteiger partial charge on any atom is 0.217 e. The molecule has 4 atom stereocenters. The lowest BCUT2D eigenvalue weighted by Crippen LogP contribution is -2.65. The summed E-state index contributed by atoms with van der Waals surface area (Å²) in [6.07, 6.45) is 9.20. The van der Waals surface area contributed by atoms with Gasteiger partial charge >= 0.3 is 0 Å². The molecule has 0 spiro atoms. The van der Waals surface area contributed by atoms with Crippen molar-refractivity contribution in [1.82, 2.24) is 5.32 Å². The minimum Gasteiger partial charge on any atom is -0.351 e. The molecule has 0 radical (unpaired) electrons. The minimum absolute atomic E-state index is 0.149. The van der Waals surface area contributed by atoms with Crippen LogP contribution in [0.4, 0.5) is 0 Å². The van der Waals surface area contributed by atoms with Crippen LogP contribution < -0.4 is 5.32 Å². The molecule has 4 aliphatic rings. The van der Waals surface area contributed by atoms with Gasteiger partial charge in [-0.05, 0) is 55.3 Å². The van der Waals surface area contributed by atoms with Gasteiger partial charge in [0, 0.05) is 12.5 Å². The van der Waals surface area contributed by atoms with Crippen LogP contribution in [0.3, 0.4) is 0 Å². The zero-order valence-corrected chi connectivity index (χ0v) is 11.4. The van der Waals surface area contributed by atoms with Gasteiger partial charge in [0.2, 0.25) is 5.91 Å². The van der Waals surface area contributed by atoms with Crippen molar-refractivity contribution in [3.05, 3.63) is 0 Å². The molecule has 0 aromatic heterocycles. The smallest absolute Gasteiger partial charge is 0.217 e. The van der Waals surface area contributed by atoms with Gasteiger partial charge in [-0.2, -0.15) is 0 Å². The van der Waals surface area contributed by atoms with Gasteiger partial charge in [-0.15, -0.1) is 0 Å². The highest BCUT2D eigenvalue weighted by molar-refractivity contribution is 5.74. The monoisotopic (exact) mass is 235 g/mol. The molecule has 4 saturated carbocycles. The fourth-order valence-electron chi connectivity index (χ4n) is 6.05. The molecule has 1 N–H and O–H groups in total. The molecule has 17 heavy (non-hydrogen) atoms. The molecule has 0 heterocycles. The second kappa shape index (κ2) is 3.27. The Bertz CT molecular complexity index is 366. The standard InChI is InChI=1S/C15H25NO/c1-4-14-6-12-5-13(3,8-14)9-15(7-12,10-14)16-11(2)17/h12H,4-10H2,1-3H3,(H,16,17). The minimum atomic E-state index is 0.149. The lowest BCUT2D eigenvalue weighted by atomic mass is 9.42. The quantitative estimate of drug-likeness (QED) is 0.782. The third-order valence-electron chi connectivity index (χ3n) is 5.65. The summed E-state index contributed by atoms with van der Waals surface area (Å²) in [4.78, 5) is 11.5. The number of amides is 1. The summed E-state index contributed by atoms with van der Waals surface area (Å²) in [6, 6.07) is 0. The molecule has 4 aliphatic carbocycles. The highest BCUT2D eigenvalue weighted by Crippen LogP contribution is 2.67. The number of hydrogen-bond donors (Lipinski definition) is 1. The zero-order valence-electron chi connectivity index (χ0n) is 11.4. The Morgan fingerprint density at radius 2 is 2.00 bits per heavy atom. The maximum atomic E-state index is 11.5. The topological polar surface area (TPSA) is 29.1 Å². The summed E-state index contributed by atoms with van der Waals surface area (Å²) >= 11 is 0. The average Bonchev–Trinajstić information content (AvgIpc) is 2.11. The first-order valence-corrected chi connectivity index (χ1v) is 7.17. The molecule has 4 fully saturated rings. The second-order valence-corrected chi connectivity index (χ2v) is 7.63. The molecular weight excluding hydrogens is 210 g/mol. The number of carbonyl (C=O) groups is 1. The molecule has 0 saturated heterocycles. The van der Waals surface area contributed by atoms with E-state index in [4.69, 9.17) is 0 Å². The van der Waals surface area contributed by atoms with Crippen molar-refractivity contribution in [2.45, 2.75) is 71.3 Å². The van der Waals surface area contributed by atoms with Crippen molar-refractivity contribution in [2.75, 3.05) is 0 Å². The van der Waals surface area contributed by atoms with Crippen LogP contribution in [-0.4, -0.2) is 11.4 Å². The van der Waals surface area contributed by atoms with E-state index in [0.717, 1.165) is 5.92 Å². The first kappa shape index (κ1) is 11.6. The SMILES string of the molecule is CCC12CC3CC(C)(C1)CC(NC(C)=O)(C3)C2. The van der Waals surface area contributed by atoms with Crippen molar-refractivity contribution >= 4 is 5.91 Å². The van der Waals surface area contributed by atoms with Gasteiger partial charge in [0.1, 0.15) is 0 Å². The van der Waals surface area contributed by atoms with Crippen molar-refractivity contribution < 1.29 is 4.79 Å². The summed E-state index contributed by atoms with van der Waals surface area (Å²) < 4.78 is 0. The second-order valence-electron chi connectivity index (χ2n) is 7.63. The van der Waals surface area contributed by atoms with Crippen LogP contribution in [0.15, 0.2) is 0 Å². The van der Waals surface area contributed by atoms with Crippen molar-refractivity contribution in [3.8, 4) is 0 Å². The van der Waals surface area contributed by atoms with E-state index >= 15 is 0 Å². The zero-order chi connectivity index (χ0) is 12.3. The Morgan fingerprint density at radius 3 is 2.59 bits per heavy atom. The highest BCUT2D eigenvalue weighted by atomic mass is 16.1. The summed E-state index contributed by atoms with van der Waals surface area (Å²) in [5.74, 6) is 1.03. The van der Waals surface area contributed by atoms with E-state index in [9.17, 15) is 4.79 Å². The molecule has 0 aliphatic heterocycles. The van der Waals surface area contributed by atoms with Gasteiger partial charge < -0.3 is 5.32 Å². The maximum absolute atomic E-state index is 11.5. The van der Waals surface area contributed by atoms with E-state index in [0.29, 0.717) is 10.8 Å². The fraction of sp³-hybridized carbons (Fsp3) is 0.933. The Kier molecular flexibility index (Phi) is 2.22. The van der Waals surface area contributed by atoms with Crippen LogP contribution in [0.1, 0.15) is 65.7 Å². The third kappa shape index (κ3) is 1.71. The highest BCUT2D eigenvalue weighted by Gasteiger charge is 2.61. The number of rotatable bonds is 2. The van der Waals surface area contributed by atoms with E-state index in [2.05, 4.69) is 19.2 Å². The summed E-state index contributed by atoms with van der Waals surface area (Å²) in [5.41, 5.74) is 1.19. The molecule has 2 heteroatoms. The Balaban J connectivity index is 1.95. The first-order chi connectivity index (χ1) is 7.88. The lowest BCUT2D eigenvalue weighted by Gasteiger charge is -2.66. The Labute approximate surface area is 105 Å². The van der Waals surface area contributed by atoms with E-state index < -0.39 is 0 Å². The Morgan fingerprint density at radius 1 is 1.24 bits per heavy atom. The van der Waals surface area contributed by atoms with Gasteiger partial charge in [0.25, 0.3) is 0 Å². The molecular formula is C15H25NO. The molecule has 2 nitrogen and oxygen atoms in total. The molecule has 4 bridgehead atoms. The van der Waals surface area contributed by atoms with E-state index in [-0.39, 0.29) is 11.4 Å². The van der Waals surface area contributed by atoms with E-state index in [1.807, 2.05) is 0 Å². The molecule has 96 valence electrons. The number of carbonyl (C=O) groups excluding carboxylic acids is 1. The van der Waals surface area contributed by atoms with Crippen molar-refractivity contribution in [2.24, 2.45) is 16.7 Å². The van der Waals surface area contributed by atoms with E-state index in [1.54, 1.807) is 6.92 Å². The molecule has 1 amide bonds. The lowest BCUT2D eigenvalue weighted by molar-refractivity contribution is -0.142. The van der Waals surface area contributed by atoms with Gasteiger partial charge in [-0.25, -0.2) is 0 Å². The predicted octanol–water partition coefficient (Wildman–Crippen LogP) is 3.26. The largest absolute Gasteiger partial charge is 0.351 e. The van der Waals surface area contributed by atoms with Crippen LogP contribution in [0.5, 0.6) is 0 Å². The third-order valence-corrected chi connectivity index (χ3v) is 5.65. The van der Waals surface area contributed by atoms with Gasteiger partial charge in [-0.3, -0.25) is 4.79 Å². The summed E-state index contributed by atoms with van der Waals surface area (Å²) in [7, 11) is 0. The Hall–Kier alpha value is -0.530. The van der Waals surface area contributed by atoms with Crippen molar-refractivity contribution in [3.63, 3.8) is 0 Å². The van der Waals surface area contributed by atoms with Crippen LogP contribution in [-0.2, 0) is 4.79 Å². The van der Waals surface area contributed by atoms with Gasteiger partial charge in [0.15, 0.2) is 0 Å². The predicted molar refractivity (Wildman–Crippen MR) is 68.6 cm³/mol. The molecule has 0 aromatic carbocycles. The van der Waals surface area contributed by atoms with Gasteiger partial charge in [-0.1, -0.05) is 20.3 Å². The summed E-state index contributed by atoms with van der Waals surface area (Å²) in [5, 5.41) is 3.33. The van der Waals surface area contributed by atoms with Crippen molar-refractivity contribution in [1.29, 1.82) is 0 Å². The van der Waals surface area contributed by atoms with Crippen LogP contribution in [0, 0.1) is 16.7 Å². The van der Waals surface area contributed by atoms with Crippen LogP contribution >= 0.6 is 0 Å². The number of hydrogen-bond acceptors (Lipinski definition) is 1. The molecule has 4 rings (SSSR count). The first-order valence-electron chi connectivity index (χ1n) is 7.17. The van der Waals surface area contributed by atoms with Gasteiger partial charge in [0.05, 0.1) is 0 Å². The average molecular weight is 235 g/mol. The van der Waals surface area contributed by atoms with Crippen LogP contribution in [0.25, 0.3) is 0 Å². The van der Waals surface area contributed by atoms with E-state index in [1.165, 1.54) is 44.9 Å². The number of nitrogens with one attached hydrogen (secondary N) is 1. The normalized spacial score (nSPS) is 51.6.